The Morgan fingerprint density at radius 1 is 1.04 bits per heavy atom. The third-order valence-electron chi connectivity index (χ3n) is 4.95. The summed E-state index contributed by atoms with van der Waals surface area (Å²) in [5.41, 5.74) is 4.14. The van der Waals surface area contributed by atoms with Gasteiger partial charge in [-0.1, -0.05) is 60.7 Å². The summed E-state index contributed by atoms with van der Waals surface area (Å²) in [5.74, 6) is -1.51. The SMILES string of the molecule is C[C@]1(C(=O)c2ccccc2)[C@@H](c2ccccc2)[C@@]1(C#N)C(N)=O. The lowest BCUT2D eigenvalue weighted by atomic mass is 9.87. The zero-order chi connectivity index (χ0) is 16.7. The predicted molar refractivity (Wildman–Crippen MR) is 85.3 cm³/mol. The maximum Gasteiger partial charge on any atom is 0.239 e. The van der Waals surface area contributed by atoms with E-state index in [1.807, 2.05) is 42.5 Å². The highest BCUT2D eigenvalue weighted by Gasteiger charge is 2.82. The molecule has 0 heterocycles. The van der Waals surface area contributed by atoms with Crippen LogP contribution in [0.3, 0.4) is 0 Å². The molecule has 23 heavy (non-hydrogen) atoms. The number of ketones is 1. The van der Waals surface area contributed by atoms with Gasteiger partial charge in [-0.05, 0) is 12.5 Å². The maximum atomic E-state index is 13.0. The molecule has 4 nitrogen and oxygen atoms in total. The van der Waals surface area contributed by atoms with Gasteiger partial charge in [0, 0.05) is 11.5 Å². The normalized spacial score (nSPS) is 28.6. The van der Waals surface area contributed by atoms with E-state index in [1.165, 1.54) is 0 Å². The Labute approximate surface area is 134 Å². The van der Waals surface area contributed by atoms with Crippen molar-refractivity contribution in [1.29, 1.82) is 5.26 Å². The van der Waals surface area contributed by atoms with E-state index in [0.29, 0.717) is 5.56 Å². The van der Waals surface area contributed by atoms with Crippen molar-refractivity contribution in [1.82, 2.24) is 0 Å². The molecular weight excluding hydrogens is 288 g/mol. The van der Waals surface area contributed by atoms with Crippen LogP contribution in [0.1, 0.15) is 28.8 Å². The summed E-state index contributed by atoms with van der Waals surface area (Å²) in [6, 6.07) is 19.9. The molecule has 2 aromatic rings. The van der Waals surface area contributed by atoms with Crippen LogP contribution in [0.15, 0.2) is 60.7 Å². The lowest BCUT2D eigenvalue weighted by Gasteiger charge is -2.12. The average Bonchev–Trinajstić information content (AvgIpc) is 3.17. The molecule has 0 bridgehead atoms. The van der Waals surface area contributed by atoms with Crippen LogP contribution in [-0.4, -0.2) is 11.7 Å². The number of amides is 1. The molecule has 1 fully saturated rings. The molecule has 4 heteroatoms. The largest absolute Gasteiger partial charge is 0.368 e. The molecule has 0 radical (unpaired) electrons. The molecule has 3 atom stereocenters. The standard InChI is InChI=1S/C19H16N2O2/c1-18(16(22)14-10-6-3-7-11-14)15(13-8-4-2-5-9-13)19(18,12-20)17(21)23/h2-11,15H,1H3,(H2,21,23)/t15-,18-,19+/m1/s1. The molecular formula is C19H16N2O2. The molecule has 1 aliphatic rings. The summed E-state index contributed by atoms with van der Waals surface area (Å²) in [7, 11) is 0. The number of Topliss-reactive ketones (excluding diaryl/α,β-unsaturated/α-hetero) is 1. The van der Waals surface area contributed by atoms with Crippen molar-refractivity contribution < 1.29 is 9.59 Å². The fourth-order valence-corrected chi connectivity index (χ4v) is 3.68. The summed E-state index contributed by atoms with van der Waals surface area (Å²) < 4.78 is 0. The smallest absolute Gasteiger partial charge is 0.239 e. The Morgan fingerprint density at radius 2 is 1.57 bits per heavy atom. The Kier molecular flexibility index (Phi) is 3.30. The van der Waals surface area contributed by atoms with Crippen molar-refractivity contribution >= 4 is 11.7 Å². The Balaban J connectivity index is 2.14. The van der Waals surface area contributed by atoms with Gasteiger partial charge in [0.25, 0.3) is 0 Å². The Morgan fingerprint density at radius 3 is 2.04 bits per heavy atom. The molecule has 0 aliphatic heterocycles. The van der Waals surface area contributed by atoms with E-state index in [1.54, 1.807) is 31.2 Å². The average molecular weight is 304 g/mol. The second-order valence-corrected chi connectivity index (χ2v) is 6.03. The number of nitriles is 1. The van der Waals surface area contributed by atoms with Gasteiger partial charge in [0.05, 0.1) is 11.5 Å². The maximum absolute atomic E-state index is 13.0. The topological polar surface area (TPSA) is 83.9 Å². The van der Waals surface area contributed by atoms with Crippen molar-refractivity contribution in [3.05, 3.63) is 71.8 Å². The number of benzene rings is 2. The summed E-state index contributed by atoms with van der Waals surface area (Å²) in [4.78, 5) is 25.1. The van der Waals surface area contributed by atoms with Crippen LogP contribution in [0.25, 0.3) is 0 Å². The van der Waals surface area contributed by atoms with Gasteiger partial charge in [-0.3, -0.25) is 9.59 Å². The number of rotatable bonds is 4. The van der Waals surface area contributed by atoms with Crippen molar-refractivity contribution in [2.75, 3.05) is 0 Å². The molecule has 1 saturated carbocycles. The first kappa shape index (κ1) is 15.0. The van der Waals surface area contributed by atoms with E-state index in [4.69, 9.17) is 5.73 Å². The minimum atomic E-state index is -1.51. The number of carbonyl (C=O) groups is 2. The van der Waals surface area contributed by atoms with Crippen LogP contribution >= 0.6 is 0 Å². The van der Waals surface area contributed by atoms with Crippen LogP contribution in [-0.2, 0) is 4.79 Å². The van der Waals surface area contributed by atoms with Gasteiger partial charge in [-0.2, -0.15) is 5.26 Å². The number of carbonyl (C=O) groups excluding carboxylic acids is 2. The summed E-state index contributed by atoms with van der Waals surface area (Å²) in [6.07, 6.45) is 0. The second kappa shape index (κ2) is 5.06. The van der Waals surface area contributed by atoms with Gasteiger partial charge in [-0.25, -0.2) is 0 Å². The highest BCUT2D eigenvalue weighted by molar-refractivity contribution is 6.11. The fraction of sp³-hybridized carbons (Fsp3) is 0.211. The van der Waals surface area contributed by atoms with Gasteiger partial charge in [0.15, 0.2) is 11.2 Å². The monoisotopic (exact) mass is 304 g/mol. The number of hydrogen-bond donors (Lipinski definition) is 1. The van der Waals surface area contributed by atoms with Gasteiger partial charge < -0.3 is 5.73 Å². The summed E-state index contributed by atoms with van der Waals surface area (Å²) >= 11 is 0. The van der Waals surface area contributed by atoms with Crippen LogP contribution in [0.5, 0.6) is 0 Å². The number of nitrogens with two attached hydrogens (primary N) is 1. The molecule has 3 rings (SSSR count). The van der Waals surface area contributed by atoms with E-state index < -0.39 is 22.7 Å². The molecule has 2 N–H and O–H groups in total. The Hall–Kier alpha value is -2.93. The quantitative estimate of drug-likeness (QED) is 0.881. The lowest BCUT2D eigenvalue weighted by Crippen LogP contribution is -2.32. The minimum absolute atomic E-state index is 0.229. The third kappa shape index (κ3) is 1.83. The minimum Gasteiger partial charge on any atom is -0.368 e. The Bertz CT molecular complexity index is 810. The zero-order valence-corrected chi connectivity index (χ0v) is 12.7. The molecule has 0 aromatic heterocycles. The summed E-state index contributed by atoms with van der Waals surface area (Å²) in [5, 5.41) is 9.69. The fourth-order valence-electron chi connectivity index (χ4n) is 3.68. The molecule has 1 aliphatic carbocycles. The molecule has 1 amide bonds. The molecule has 114 valence electrons. The highest BCUT2D eigenvalue weighted by atomic mass is 16.2. The van der Waals surface area contributed by atoms with Crippen LogP contribution in [0.4, 0.5) is 0 Å². The van der Waals surface area contributed by atoms with E-state index in [2.05, 4.69) is 0 Å². The first-order valence-corrected chi connectivity index (χ1v) is 7.36. The number of hydrogen-bond acceptors (Lipinski definition) is 3. The highest BCUT2D eigenvalue weighted by Crippen LogP contribution is 2.74. The van der Waals surface area contributed by atoms with Crippen molar-refractivity contribution in [2.24, 2.45) is 16.6 Å². The van der Waals surface area contributed by atoms with E-state index in [0.717, 1.165) is 5.56 Å². The van der Waals surface area contributed by atoms with Crippen molar-refractivity contribution in [3.8, 4) is 6.07 Å². The molecule has 0 saturated heterocycles. The number of primary amides is 1. The van der Waals surface area contributed by atoms with Crippen molar-refractivity contribution in [3.63, 3.8) is 0 Å². The molecule has 2 aromatic carbocycles. The molecule has 0 unspecified atom stereocenters. The predicted octanol–water partition coefficient (Wildman–Crippen LogP) is 2.67. The van der Waals surface area contributed by atoms with E-state index >= 15 is 0 Å². The van der Waals surface area contributed by atoms with Gasteiger partial charge in [0.1, 0.15) is 0 Å². The van der Waals surface area contributed by atoms with E-state index in [-0.39, 0.29) is 5.78 Å². The lowest BCUT2D eigenvalue weighted by molar-refractivity contribution is -0.122. The summed E-state index contributed by atoms with van der Waals surface area (Å²) in [6.45, 7) is 1.66. The molecule has 0 spiro atoms. The second-order valence-electron chi connectivity index (χ2n) is 6.03. The zero-order valence-electron chi connectivity index (χ0n) is 12.7. The van der Waals surface area contributed by atoms with Crippen LogP contribution in [0, 0.1) is 22.2 Å². The number of nitrogens with zero attached hydrogens (tertiary/aromatic N) is 1. The van der Waals surface area contributed by atoms with Crippen molar-refractivity contribution in [2.45, 2.75) is 12.8 Å². The van der Waals surface area contributed by atoms with Gasteiger partial charge in [-0.15, -0.1) is 0 Å². The van der Waals surface area contributed by atoms with Crippen LogP contribution < -0.4 is 5.73 Å². The van der Waals surface area contributed by atoms with Gasteiger partial charge in [0.2, 0.25) is 5.91 Å². The first-order chi connectivity index (χ1) is 11.0. The van der Waals surface area contributed by atoms with E-state index in [9.17, 15) is 14.9 Å². The first-order valence-electron chi connectivity index (χ1n) is 7.36. The van der Waals surface area contributed by atoms with Crippen LogP contribution in [0.2, 0.25) is 0 Å². The van der Waals surface area contributed by atoms with Gasteiger partial charge >= 0.3 is 0 Å². The third-order valence-corrected chi connectivity index (χ3v) is 4.95.